The van der Waals surface area contributed by atoms with E-state index in [9.17, 15) is 14.4 Å². The van der Waals surface area contributed by atoms with Crippen molar-refractivity contribution in [2.75, 3.05) is 0 Å². The molecule has 25 heavy (non-hydrogen) atoms. The minimum Gasteiger partial charge on any atom is -0.480 e. The van der Waals surface area contributed by atoms with E-state index in [0.29, 0.717) is 0 Å². The number of aliphatic carboxylic acids is 1. The predicted octanol–water partition coefficient (Wildman–Crippen LogP) is 3.30. The van der Waals surface area contributed by atoms with Crippen LogP contribution in [0.15, 0.2) is 12.2 Å². The van der Waals surface area contributed by atoms with Gasteiger partial charge in [-0.05, 0) is 32.1 Å². The summed E-state index contributed by atoms with van der Waals surface area (Å²) >= 11 is 0. The van der Waals surface area contributed by atoms with Crippen LogP contribution >= 0.6 is 0 Å². The van der Waals surface area contributed by atoms with Crippen molar-refractivity contribution in [3.63, 3.8) is 0 Å². The van der Waals surface area contributed by atoms with Gasteiger partial charge in [0.15, 0.2) is 0 Å². The molecule has 0 unspecified atom stereocenters. The van der Waals surface area contributed by atoms with E-state index in [1.165, 1.54) is 25.7 Å². The highest BCUT2D eigenvalue weighted by Gasteiger charge is 2.21. The molecule has 6 nitrogen and oxygen atoms in total. The van der Waals surface area contributed by atoms with Crippen molar-refractivity contribution >= 4 is 17.8 Å². The second kappa shape index (κ2) is 15.7. The standard InChI is InChI=1S/C19H34N2O4/c1-2-3-4-5-6-7-8-9-10-11-12-13-14-18(23)21-16(19(24)25)15-17(20)22/h6-7,16H,2-5,8-15H2,1H3,(H2,20,22)(H,21,23)(H,24,25)/b7-6-/t16-/m0/s1. The van der Waals surface area contributed by atoms with Crippen molar-refractivity contribution in [2.24, 2.45) is 5.73 Å². The molecule has 0 aliphatic carbocycles. The highest BCUT2D eigenvalue weighted by Crippen LogP contribution is 2.08. The van der Waals surface area contributed by atoms with E-state index in [2.05, 4.69) is 24.4 Å². The third-order valence-corrected chi connectivity index (χ3v) is 3.95. The maximum atomic E-state index is 11.7. The number of hydrogen-bond donors (Lipinski definition) is 3. The lowest BCUT2D eigenvalue weighted by molar-refractivity contribution is -0.143. The van der Waals surface area contributed by atoms with Gasteiger partial charge in [0.1, 0.15) is 6.04 Å². The molecule has 4 N–H and O–H groups in total. The van der Waals surface area contributed by atoms with E-state index >= 15 is 0 Å². The van der Waals surface area contributed by atoms with Gasteiger partial charge in [-0.1, -0.05) is 51.2 Å². The Kier molecular flexibility index (Phi) is 14.5. The maximum Gasteiger partial charge on any atom is 0.326 e. The zero-order chi connectivity index (χ0) is 18.9. The molecule has 0 spiro atoms. The van der Waals surface area contributed by atoms with Gasteiger partial charge in [0.05, 0.1) is 6.42 Å². The molecular formula is C19H34N2O4. The molecule has 6 heteroatoms. The third-order valence-electron chi connectivity index (χ3n) is 3.95. The number of primary amides is 1. The van der Waals surface area contributed by atoms with Gasteiger partial charge in [0.25, 0.3) is 0 Å². The largest absolute Gasteiger partial charge is 0.480 e. The van der Waals surface area contributed by atoms with Gasteiger partial charge in [0, 0.05) is 6.42 Å². The van der Waals surface area contributed by atoms with Gasteiger partial charge < -0.3 is 16.2 Å². The molecule has 0 saturated carbocycles. The molecule has 0 rings (SSSR count). The van der Waals surface area contributed by atoms with Crippen LogP contribution < -0.4 is 11.1 Å². The van der Waals surface area contributed by atoms with Crippen LogP contribution in [0.2, 0.25) is 0 Å². The van der Waals surface area contributed by atoms with Gasteiger partial charge >= 0.3 is 5.97 Å². The molecule has 2 amide bonds. The molecule has 144 valence electrons. The van der Waals surface area contributed by atoms with E-state index in [4.69, 9.17) is 10.8 Å². The van der Waals surface area contributed by atoms with E-state index in [1.807, 2.05) is 0 Å². The van der Waals surface area contributed by atoms with Crippen LogP contribution in [-0.4, -0.2) is 28.9 Å². The summed E-state index contributed by atoms with van der Waals surface area (Å²) in [6.45, 7) is 2.21. The lowest BCUT2D eigenvalue weighted by atomic mass is 10.1. The molecule has 0 aromatic rings. The van der Waals surface area contributed by atoms with Crippen molar-refractivity contribution in [1.29, 1.82) is 0 Å². The SMILES string of the molecule is CCCCC/C=C\CCCCCCCC(=O)N[C@@H](CC(N)=O)C(=O)O. The molecule has 0 bridgehead atoms. The Bertz CT molecular complexity index is 422. The number of carbonyl (C=O) groups is 3. The van der Waals surface area contributed by atoms with Gasteiger partial charge in [-0.25, -0.2) is 4.79 Å². The van der Waals surface area contributed by atoms with Crippen molar-refractivity contribution in [3.05, 3.63) is 12.2 Å². The molecule has 0 heterocycles. The molecule has 0 saturated heterocycles. The molecule has 0 aliphatic heterocycles. The summed E-state index contributed by atoms with van der Waals surface area (Å²) in [5, 5.41) is 11.3. The first-order chi connectivity index (χ1) is 12.0. The number of nitrogens with one attached hydrogen (secondary N) is 1. The van der Waals surface area contributed by atoms with E-state index in [0.717, 1.165) is 38.5 Å². The Hall–Kier alpha value is -1.85. The van der Waals surface area contributed by atoms with Crippen LogP contribution in [-0.2, 0) is 14.4 Å². The molecular weight excluding hydrogens is 320 g/mol. The number of unbranched alkanes of at least 4 members (excludes halogenated alkanes) is 8. The van der Waals surface area contributed by atoms with Crippen LogP contribution in [0.3, 0.4) is 0 Å². The number of carboxylic acid groups (broad SMARTS) is 1. The smallest absolute Gasteiger partial charge is 0.326 e. The Balaban J connectivity index is 3.59. The summed E-state index contributed by atoms with van der Waals surface area (Å²) in [5.41, 5.74) is 4.97. The summed E-state index contributed by atoms with van der Waals surface area (Å²) in [6, 6.07) is -1.23. The van der Waals surface area contributed by atoms with Crippen molar-refractivity contribution in [3.8, 4) is 0 Å². The fraction of sp³-hybridized carbons (Fsp3) is 0.737. The lowest BCUT2D eigenvalue weighted by Crippen LogP contribution is -2.43. The zero-order valence-electron chi connectivity index (χ0n) is 15.5. The first-order valence-corrected chi connectivity index (χ1v) is 9.42. The summed E-state index contributed by atoms with van der Waals surface area (Å²) in [7, 11) is 0. The minimum absolute atomic E-state index is 0.278. The Morgan fingerprint density at radius 3 is 2.08 bits per heavy atom. The fourth-order valence-corrected chi connectivity index (χ4v) is 2.49. The highest BCUT2D eigenvalue weighted by atomic mass is 16.4. The number of hydrogen-bond acceptors (Lipinski definition) is 3. The monoisotopic (exact) mass is 354 g/mol. The van der Waals surface area contributed by atoms with Crippen LogP contribution in [0.4, 0.5) is 0 Å². The van der Waals surface area contributed by atoms with Crippen LogP contribution in [0.25, 0.3) is 0 Å². The van der Waals surface area contributed by atoms with Crippen LogP contribution in [0.5, 0.6) is 0 Å². The van der Waals surface area contributed by atoms with Gasteiger partial charge in [-0.3, -0.25) is 9.59 Å². The maximum absolute atomic E-state index is 11.7. The van der Waals surface area contributed by atoms with Crippen LogP contribution in [0, 0.1) is 0 Å². The molecule has 0 radical (unpaired) electrons. The number of nitrogens with two attached hydrogens (primary N) is 1. The van der Waals surface area contributed by atoms with E-state index < -0.39 is 17.9 Å². The number of allylic oxidation sites excluding steroid dienone is 2. The molecule has 0 aromatic heterocycles. The molecule has 1 atom stereocenters. The van der Waals surface area contributed by atoms with E-state index in [1.54, 1.807) is 0 Å². The Morgan fingerprint density at radius 2 is 1.52 bits per heavy atom. The predicted molar refractivity (Wildman–Crippen MR) is 99.0 cm³/mol. The Labute approximate surface area is 151 Å². The summed E-state index contributed by atoms with van der Waals surface area (Å²) in [4.78, 5) is 33.4. The number of carboxylic acids is 1. The molecule has 0 fully saturated rings. The van der Waals surface area contributed by atoms with Crippen molar-refractivity contribution < 1.29 is 19.5 Å². The van der Waals surface area contributed by atoms with Gasteiger partial charge in [-0.2, -0.15) is 0 Å². The quantitative estimate of drug-likeness (QED) is 0.292. The zero-order valence-corrected chi connectivity index (χ0v) is 15.5. The van der Waals surface area contributed by atoms with Gasteiger partial charge in [-0.15, -0.1) is 0 Å². The number of amides is 2. The van der Waals surface area contributed by atoms with Crippen molar-refractivity contribution in [2.45, 2.75) is 90.0 Å². The average molecular weight is 354 g/mol. The summed E-state index contributed by atoms with van der Waals surface area (Å²) in [6.07, 6.45) is 15.6. The normalized spacial score (nSPS) is 12.2. The summed E-state index contributed by atoms with van der Waals surface area (Å²) < 4.78 is 0. The third kappa shape index (κ3) is 15.4. The summed E-state index contributed by atoms with van der Waals surface area (Å²) in [5.74, 6) is -2.33. The first kappa shape index (κ1) is 23.1. The average Bonchev–Trinajstić information content (AvgIpc) is 2.54. The van der Waals surface area contributed by atoms with Crippen molar-refractivity contribution in [1.82, 2.24) is 5.32 Å². The minimum atomic E-state index is -1.24. The second-order valence-corrected chi connectivity index (χ2v) is 6.40. The number of rotatable bonds is 16. The first-order valence-electron chi connectivity index (χ1n) is 9.42. The highest BCUT2D eigenvalue weighted by molar-refractivity contribution is 5.88. The molecule has 0 aliphatic rings. The van der Waals surface area contributed by atoms with E-state index in [-0.39, 0.29) is 18.7 Å². The van der Waals surface area contributed by atoms with Gasteiger partial charge in [0.2, 0.25) is 11.8 Å². The second-order valence-electron chi connectivity index (χ2n) is 6.40. The number of carbonyl (C=O) groups excluding carboxylic acids is 2. The lowest BCUT2D eigenvalue weighted by Gasteiger charge is -2.12. The topological polar surface area (TPSA) is 109 Å². The molecule has 0 aromatic carbocycles. The Morgan fingerprint density at radius 1 is 0.960 bits per heavy atom. The fourth-order valence-electron chi connectivity index (χ4n) is 2.49. The van der Waals surface area contributed by atoms with Crippen LogP contribution in [0.1, 0.15) is 84.0 Å².